The van der Waals surface area contributed by atoms with Gasteiger partial charge in [-0.3, -0.25) is 24.4 Å². The summed E-state index contributed by atoms with van der Waals surface area (Å²) in [5, 5.41) is 4.35. The third-order valence-corrected chi connectivity index (χ3v) is 5.37. The summed E-state index contributed by atoms with van der Waals surface area (Å²) in [5.41, 5.74) is 1.40. The number of halogens is 1. The van der Waals surface area contributed by atoms with Crippen LogP contribution in [0.15, 0.2) is 30.5 Å². The molecule has 0 atom stereocenters. The van der Waals surface area contributed by atoms with Crippen LogP contribution in [0.2, 0.25) is 0 Å². The molecule has 0 aliphatic carbocycles. The van der Waals surface area contributed by atoms with E-state index in [2.05, 4.69) is 15.2 Å². The summed E-state index contributed by atoms with van der Waals surface area (Å²) in [5.74, 6) is -0.448. The van der Waals surface area contributed by atoms with Crippen molar-refractivity contribution in [2.24, 2.45) is 0 Å². The number of benzene rings is 1. The quantitative estimate of drug-likeness (QED) is 0.895. The topological polar surface area (TPSA) is 65.5 Å². The van der Waals surface area contributed by atoms with Crippen LogP contribution in [0, 0.1) is 5.82 Å². The molecule has 2 aliphatic heterocycles. The highest BCUT2D eigenvalue weighted by Gasteiger charge is 2.29. The van der Waals surface area contributed by atoms with E-state index in [0.717, 1.165) is 43.4 Å². The number of piperidine rings is 1. The highest BCUT2D eigenvalue weighted by Crippen LogP contribution is 2.26. The summed E-state index contributed by atoms with van der Waals surface area (Å²) in [6, 6.07) is 6.95. The van der Waals surface area contributed by atoms with Gasteiger partial charge in [0.15, 0.2) is 0 Å². The normalized spacial score (nSPS) is 19.0. The van der Waals surface area contributed by atoms with Crippen molar-refractivity contribution in [3.05, 3.63) is 36.3 Å². The van der Waals surface area contributed by atoms with E-state index < -0.39 is 0 Å². The molecular formula is C20H23FN4O2. The molecule has 1 N–H and O–H groups in total. The molecule has 0 saturated carbocycles. The predicted octanol–water partition coefficient (Wildman–Crippen LogP) is 2.40. The number of aromatic nitrogens is 1. The van der Waals surface area contributed by atoms with Gasteiger partial charge in [0.1, 0.15) is 5.82 Å². The van der Waals surface area contributed by atoms with Gasteiger partial charge in [-0.2, -0.15) is 0 Å². The fourth-order valence-electron chi connectivity index (χ4n) is 3.91. The zero-order valence-electron chi connectivity index (χ0n) is 15.2. The van der Waals surface area contributed by atoms with Gasteiger partial charge in [0, 0.05) is 55.4 Å². The number of carbonyl (C=O) groups excluding carboxylic acids is 2. The molecule has 2 aromatic rings. The summed E-state index contributed by atoms with van der Waals surface area (Å²) in [6.45, 7) is 2.40. The molecule has 6 nitrogen and oxygen atoms in total. The number of nitrogens with zero attached hydrogens (tertiary/aromatic N) is 3. The van der Waals surface area contributed by atoms with Crippen molar-refractivity contribution in [1.29, 1.82) is 0 Å². The van der Waals surface area contributed by atoms with Crippen LogP contribution in [0.4, 0.5) is 10.1 Å². The van der Waals surface area contributed by atoms with Crippen molar-refractivity contribution in [3.63, 3.8) is 0 Å². The number of hydrogen-bond acceptors (Lipinski definition) is 5. The van der Waals surface area contributed by atoms with Crippen LogP contribution in [-0.2, 0) is 9.59 Å². The second kappa shape index (κ2) is 7.60. The number of rotatable bonds is 4. The van der Waals surface area contributed by atoms with E-state index in [4.69, 9.17) is 0 Å². The molecular weight excluding hydrogens is 347 g/mol. The van der Waals surface area contributed by atoms with Crippen molar-refractivity contribution < 1.29 is 14.0 Å². The average Bonchev–Trinajstić information content (AvgIpc) is 3.09. The molecule has 2 fully saturated rings. The van der Waals surface area contributed by atoms with E-state index in [1.54, 1.807) is 6.20 Å². The van der Waals surface area contributed by atoms with Crippen LogP contribution in [0.3, 0.4) is 0 Å². The highest BCUT2D eigenvalue weighted by molar-refractivity contribution is 5.97. The van der Waals surface area contributed by atoms with E-state index in [9.17, 15) is 14.0 Å². The predicted molar refractivity (Wildman–Crippen MR) is 101 cm³/mol. The summed E-state index contributed by atoms with van der Waals surface area (Å²) in [6.07, 6.45) is 4.63. The molecule has 0 unspecified atom stereocenters. The molecule has 0 radical (unpaired) electrons. The number of imide groups is 1. The first kappa shape index (κ1) is 17.9. The third-order valence-electron chi connectivity index (χ3n) is 5.37. The minimum atomic E-state index is -0.304. The Labute approximate surface area is 157 Å². The van der Waals surface area contributed by atoms with Gasteiger partial charge in [-0.25, -0.2) is 4.39 Å². The second-order valence-electron chi connectivity index (χ2n) is 7.26. The van der Waals surface area contributed by atoms with Gasteiger partial charge in [-0.05, 0) is 37.5 Å². The van der Waals surface area contributed by atoms with E-state index in [1.807, 2.05) is 12.1 Å². The number of carbonyl (C=O) groups is 2. The fourth-order valence-corrected chi connectivity index (χ4v) is 3.91. The Bertz CT molecular complexity index is 864. The smallest absolute Gasteiger partial charge is 0.243 e. The Morgan fingerprint density at radius 2 is 2.07 bits per heavy atom. The number of likely N-dealkylation sites (tertiary alicyclic amines) is 2. The molecule has 3 heterocycles. The number of anilines is 1. The Morgan fingerprint density at radius 1 is 1.26 bits per heavy atom. The van der Waals surface area contributed by atoms with Crippen LogP contribution in [-0.4, -0.2) is 58.8 Å². The van der Waals surface area contributed by atoms with Crippen molar-refractivity contribution in [2.45, 2.75) is 31.7 Å². The van der Waals surface area contributed by atoms with E-state index in [1.165, 1.54) is 17.0 Å². The first-order chi connectivity index (χ1) is 13.1. The lowest BCUT2D eigenvalue weighted by Gasteiger charge is -2.33. The van der Waals surface area contributed by atoms with Gasteiger partial charge in [-0.15, -0.1) is 0 Å². The molecule has 4 rings (SSSR count). The summed E-state index contributed by atoms with van der Waals surface area (Å²) < 4.78 is 13.9. The van der Waals surface area contributed by atoms with E-state index in [-0.39, 0.29) is 23.7 Å². The van der Waals surface area contributed by atoms with Crippen LogP contribution >= 0.6 is 0 Å². The van der Waals surface area contributed by atoms with Gasteiger partial charge >= 0.3 is 0 Å². The summed E-state index contributed by atoms with van der Waals surface area (Å²) in [4.78, 5) is 31.7. The molecule has 7 heteroatoms. The third kappa shape index (κ3) is 3.93. The molecule has 27 heavy (non-hydrogen) atoms. The monoisotopic (exact) mass is 370 g/mol. The van der Waals surface area contributed by atoms with Crippen molar-refractivity contribution in [1.82, 2.24) is 14.8 Å². The number of hydrogen-bond donors (Lipinski definition) is 1. The Kier molecular flexibility index (Phi) is 5.03. The lowest BCUT2D eigenvalue weighted by molar-refractivity contribution is -0.142. The molecule has 2 aliphatic rings. The fraction of sp³-hybridized carbons (Fsp3) is 0.450. The summed E-state index contributed by atoms with van der Waals surface area (Å²) in [7, 11) is 0. The van der Waals surface area contributed by atoms with Crippen molar-refractivity contribution in [3.8, 4) is 0 Å². The van der Waals surface area contributed by atoms with Crippen LogP contribution in [0.5, 0.6) is 0 Å². The van der Waals surface area contributed by atoms with Crippen molar-refractivity contribution >= 4 is 28.4 Å². The molecule has 2 saturated heterocycles. The Balaban J connectivity index is 1.35. The van der Waals surface area contributed by atoms with E-state index >= 15 is 0 Å². The zero-order chi connectivity index (χ0) is 18.8. The minimum absolute atomic E-state index is 0.0526. The molecule has 2 amide bonds. The zero-order valence-corrected chi connectivity index (χ0v) is 15.2. The van der Waals surface area contributed by atoms with Crippen LogP contribution < -0.4 is 5.32 Å². The molecule has 1 aromatic heterocycles. The van der Waals surface area contributed by atoms with E-state index in [0.29, 0.717) is 25.0 Å². The van der Waals surface area contributed by atoms with Crippen molar-refractivity contribution in [2.75, 3.05) is 31.5 Å². The lowest BCUT2D eigenvalue weighted by atomic mass is 10.0. The highest BCUT2D eigenvalue weighted by atomic mass is 19.1. The number of fused-ring (bicyclic) bond motifs is 1. The molecule has 142 valence electrons. The second-order valence-corrected chi connectivity index (χ2v) is 7.26. The minimum Gasteiger partial charge on any atom is -0.382 e. The average molecular weight is 370 g/mol. The maximum atomic E-state index is 13.9. The van der Waals surface area contributed by atoms with Crippen LogP contribution in [0.1, 0.15) is 25.7 Å². The molecule has 0 bridgehead atoms. The SMILES string of the molecule is O=C1CCCN1C(=O)CN1CCC(Nc2cc(F)cc3ncccc23)CC1. The first-order valence-corrected chi connectivity index (χ1v) is 9.46. The largest absolute Gasteiger partial charge is 0.382 e. The number of nitrogens with one attached hydrogen (secondary N) is 1. The van der Waals surface area contributed by atoms with Gasteiger partial charge in [-0.1, -0.05) is 0 Å². The number of pyridine rings is 1. The summed E-state index contributed by atoms with van der Waals surface area (Å²) >= 11 is 0. The first-order valence-electron chi connectivity index (χ1n) is 9.46. The Morgan fingerprint density at radius 3 is 2.81 bits per heavy atom. The van der Waals surface area contributed by atoms with Gasteiger partial charge in [0.25, 0.3) is 0 Å². The van der Waals surface area contributed by atoms with Gasteiger partial charge < -0.3 is 5.32 Å². The van der Waals surface area contributed by atoms with Gasteiger partial charge in [0.2, 0.25) is 11.8 Å². The molecule has 1 aromatic carbocycles. The number of amides is 2. The Hall–Kier alpha value is -2.54. The maximum Gasteiger partial charge on any atom is 0.243 e. The standard InChI is InChI=1S/C20H23FN4O2/c21-14-11-17-16(3-1-7-22-17)18(12-14)23-15-5-9-24(10-6-15)13-20(27)25-8-2-4-19(25)26/h1,3,7,11-12,15,23H,2,4-6,8-10,13H2. The molecule has 0 spiro atoms. The maximum absolute atomic E-state index is 13.9. The van der Waals surface area contributed by atoms with Gasteiger partial charge in [0.05, 0.1) is 12.1 Å². The van der Waals surface area contributed by atoms with Crippen LogP contribution in [0.25, 0.3) is 10.9 Å². The lowest BCUT2D eigenvalue weighted by Crippen LogP contribution is -2.45.